The highest BCUT2D eigenvalue weighted by atomic mass is 19.1. The molecule has 1 aromatic heterocycles. The van der Waals surface area contributed by atoms with Gasteiger partial charge in [-0.25, -0.2) is 9.18 Å². The molecule has 0 saturated carbocycles. The highest BCUT2D eigenvalue weighted by Gasteiger charge is 2.23. The molecule has 0 saturated heterocycles. The summed E-state index contributed by atoms with van der Waals surface area (Å²) in [5.74, 6) is -0.0959. The molecular formula is C19H20FNO2. The number of hydrogen-bond donors (Lipinski definition) is 0. The fourth-order valence-electron chi connectivity index (χ4n) is 3.47. The van der Waals surface area contributed by atoms with E-state index in [1.807, 2.05) is 6.07 Å². The first-order chi connectivity index (χ1) is 11.2. The van der Waals surface area contributed by atoms with Crippen LogP contribution in [0.3, 0.4) is 0 Å². The Morgan fingerprint density at radius 1 is 1.39 bits per heavy atom. The topological polar surface area (TPSA) is 39.2 Å². The monoisotopic (exact) mass is 313 g/mol. The number of benzene rings is 1. The summed E-state index contributed by atoms with van der Waals surface area (Å²) in [5, 5.41) is 0. The zero-order valence-electron chi connectivity index (χ0n) is 13.2. The van der Waals surface area contributed by atoms with Crippen molar-refractivity contribution in [3.63, 3.8) is 0 Å². The molecule has 0 aliphatic heterocycles. The SMILES string of the molecule is COC(=O)c1ccncc1CC[C@H]1CCCc2c(F)cccc21. The lowest BCUT2D eigenvalue weighted by Crippen LogP contribution is -2.13. The van der Waals surface area contributed by atoms with Crippen LogP contribution in [0.25, 0.3) is 0 Å². The van der Waals surface area contributed by atoms with E-state index in [2.05, 4.69) is 4.98 Å². The van der Waals surface area contributed by atoms with Crippen molar-refractivity contribution in [3.05, 3.63) is 64.7 Å². The highest BCUT2D eigenvalue weighted by molar-refractivity contribution is 5.90. The van der Waals surface area contributed by atoms with Gasteiger partial charge in [-0.3, -0.25) is 4.98 Å². The van der Waals surface area contributed by atoms with E-state index in [0.29, 0.717) is 11.5 Å². The Morgan fingerprint density at radius 3 is 3.09 bits per heavy atom. The first kappa shape index (κ1) is 15.7. The van der Waals surface area contributed by atoms with Crippen LogP contribution >= 0.6 is 0 Å². The molecule has 0 radical (unpaired) electrons. The molecule has 1 aliphatic carbocycles. The predicted octanol–water partition coefficient (Wildman–Crippen LogP) is 4.06. The number of pyridine rings is 1. The summed E-state index contributed by atoms with van der Waals surface area (Å²) in [6.45, 7) is 0. The molecule has 0 unspecified atom stereocenters. The van der Waals surface area contributed by atoms with Crippen LogP contribution in [0.2, 0.25) is 0 Å². The minimum absolute atomic E-state index is 0.0937. The maximum absolute atomic E-state index is 14.0. The molecule has 0 spiro atoms. The van der Waals surface area contributed by atoms with Gasteiger partial charge in [0.15, 0.2) is 0 Å². The number of nitrogens with zero attached hydrogens (tertiary/aromatic N) is 1. The molecule has 1 aromatic carbocycles. The molecule has 23 heavy (non-hydrogen) atoms. The van der Waals surface area contributed by atoms with Gasteiger partial charge < -0.3 is 4.74 Å². The van der Waals surface area contributed by atoms with E-state index in [-0.39, 0.29) is 11.8 Å². The number of aromatic nitrogens is 1. The number of carbonyl (C=O) groups is 1. The Bertz CT molecular complexity index is 714. The fourth-order valence-corrected chi connectivity index (χ4v) is 3.47. The second-order valence-corrected chi connectivity index (χ2v) is 5.96. The van der Waals surface area contributed by atoms with Crippen LogP contribution in [0, 0.1) is 5.82 Å². The van der Waals surface area contributed by atoms with Crippen LogP contribution in [0.5, 0.6) is 0 Å². The average molecular weight is 313 g/mol. The lowest BCUT2D eigenvalue weighted by atomic mass is 9.79. The van der Waals surface area contributed by atoms with Crippen molar-refractivity contribution >= 4 is 5.97 Å². The van der Waals surface area contributed by atoms with Crippen molar-refractivity contribution in [1.82, 2.24) is 4.98 Å². The smallest absolute Gasteiger partial charge is 0.338 e. The van der Waals surface area contributed by atoms with Gasteiger partial charge in [0.1, 0.15) is 5.82 Å². The molecular weight excluding hydrogens is 293 g/mol. The normalized spacial score (nSPS) is 16.7. The van der Waals surface area contributed by atoms with Gasteiger partial charge >= 0.3 is 5.97 Å². The summed E-state index contributed by atoms with van der Waals surface area (Å²) in [6, 6.07) is 7.05. The molecule has 1 heterocycles. The maximum atomic E-state index is 14.0. The molecule has 0 N–H and O–H groups in total. The Labute approximate surface area is 135 Å². The maximum Gasteiger partial charge on any atom is 0.338 e. The first-order valence-electron chi connectivity index (χ1n) is 7.99. The molecule has 0 bridgehead atoms. The van der Waals surface area contributed by atoms with Gasteiger partial charge in [-0.15, -0.1) is 0 Å². The van der Waals surface area contributed by atoms with E-state index >= 15 is 0 Å². The number of esters is 1. The van der Waals surface area contributed by atoms with E-state index in [0.717, 1.165) is 48.8 Å². The van der Waals surface area contributed by atoms with E-state index in [9.17, 15) is 9.18 Å². The molecule has 1 atom stereocenters. The fraction of sp³-hybridized carbons (Fsp3) is 0.368. The van der Waals surface area contributed by atoms with Crippen molar-refractivity contribution in [2.75, 3.05) is 7.11 Å². The summed E-state index contributed by atoms with van der Waals surface area (Å²) in [4.78, 5) is 15.9. The minimum atomic E-state index is -0.336. The van der Waals surface area contributed by atoms with Crippen molar-refractivity contribution < 1.29 is 13.9 Å². The highest BCUT2D eigenvalue weighted by Crippen LogP contribution is 2.36. The third-order valence-corrected chi connectivity index (χ3v) is 4.65. The van der Waals surface area contributed by atoms with Crippen LogP contribution in [0.1, 0.15) is 52.2 Å². The molecule has 3 rings (SSSR count). The Balaban J connectivity index is 1.78. The number of carbonyl (C=O) groups excluding carboxylic acids is 1. The quantitative estimate of drug-likeness (QED) is 0.799. The number of ether oxygens (including phenoxy) is 1. The van der Waals surface area contributed by atoms with E-state index in [4.69, 9.17) is 4.74 Å². The lowest BCUT2D eigenvalue weighted by molar-refractivity contribution is 0.0599. The first-order valence-corrected chi connectivity index (χ1v) is 7.99. The van der Waals surface area contributed by atoms with Crippen LogP contribution in [0.4, 0.5) is 4.39 Å². The van der Waals surface area contributed by atoms with E-state index in [1.54, 1.807) is 24.5 Å². The molecule has 1 aliphatic rings. The van der Waals surface area contributed by atoms with Gasteiger partial charge in [-0.1, -0.05) is 12.1 Å². The van der Waals surface area contributed by atoms with E-state index in [1.165, 1.54) is 13.2 Å². The molecule has 0 fully saturated rings. The number of aryl methyl sites for hydroxylation is 1. The molecule has 2 aromatic rings. The van der Waals surface area contributed by atoms with Crippen molar-refractivity contribution in [3.8, 4) is 0 Å². The minimum Gasteiger partial charge on any atom is -0.465 e. The average Bonchev–Trinajstić information content (AvgIpc) is 2.60. The number of halogens is 1. The van der Waals surface area contributed by atoms with Crippen molar-refractivity contribution in [2.24, 2.45) is 0 Å². The molecule has 3 nitrogen and oxygen atoms in total. The Morgan fingerprint density at radius 2 is 2.26 bits per heavy atom. The number of hydrogen-bond acceptors (Lipinski definition) is 3. The zero-order chi connectivity index (χ0) is 16.2. The summed E-state index contributed by atoms with van der Waals surface area (Å²) in [7, 11) is 1.38. The summed E-state index contributed by atoms with van der Waals surface area (Å²) < 4.78 is 18.8. The van der Waals surface area contributed by atoms with Crippen molar-refractivity contribution in [2.45, 2.75) is 38.0 Å². The van der Waals surface area contributed by atoms with Gasteiger partial charge in [0.25, 0.3) is 0 Å². The number of methoxy groups -OCH3 is 1. The van der Waals surface area contributed by atoms with Gasteiger partial charge in [-0.05, 0) is 66.8 Å². The van der Waals surface area contributed by atoms with Crippen LogP contribution in [-0.2, 0) is 17.6 Å². The zero-order valence-corrected chi connectivity index (χ0v) is 13.2. The second kappa shape index (κ2) is 6.90. The van der Waals surface area contributed by atoms with Crippen molar-refractivity contribution in [1.29, 1.82) is 0 Å². The number of fused-ring (bicyclic) bond motifs is 1. The van der Waals surface area contributed by atoms with Crippen LogP contribution in [0.15, 0.2) is 36.7 Å². The lowest BCUT2D eigenvalue weighted by Gasteiger charge is -2.26. The Hall–Kier alpha value is -2.23. The van der Waals surface area contributed by atoms with E-state index < -0.39 is 0 Å². The van der Waals surface area contributed by atoms with Gasteiger partial charge in [-0.2, -0.15) is 0 Å². The van der Waals surface area contributed by atoms with Gasteiger partial charge in [0.05, 0.1) is 12.7 Å². The van der Waals surface area contributed by atoms with Crippen LogP contribution in [-0.4, -0.2) is 18.1 Å². The summed E-state index contributed by atoms with van der Waals surface area (Å²) in [5.41, 5.74) is 3.45. The summed E-state index contributed by atoms with van der Waals surface area (Å²) >= 11 is 0. The molecule has 120 valence electrons. The van der Waals surface area contributed by atoms with Crippen LogP contribution < -0.4 is 0 Å². The van der Waals surface area contributed by atoms with Gasteiger partial charge in [0.2, 0.25) is 0 Å². The largest absolute Gasteiger partial charge is 0.465 e. The standard InChI is InChI=1S/C19H20FNO2/c1-23-19(22)16-10-11-21-12-14(16)9-8-13-4-2-6-17-15(13)5-3-7-18(17)20/h3,5,7,10-13H,2,4,6,8-9H2,1H3/t13-/m1/s1. The number of rotatable bonds is 4. The van der Waals surface area contributed by atoms with Gasteiger partial charge in [0, 0.05) is 12.4 Å². The molecule has 4 heteroatoms. The molecule has 0 amide bonds. The summed E-state index contributed by atoms with van der Waals surface area (Å²) in [6.07, 6.45) is 7.83. The second-order valence-electron chi connectivity index (χ2n) is 5.96. The third-order valence-electron chi connectivity index (χ3n) is 4.65. The third kappa shape index (κ3) is 3.26. The Kier molecular flexibility index (Phi) is 4.70. The predicted molar refractivity (Wildman–Crippen MR) is 86.0 cm³/mol.